The molecule has 0 saturated heterocycles. The fraction of sp³-hybridized carbons (Fsp3) is 0.462. The summed E-state index contributed by atoms with van der Waals surface area (Å²) in [7, 11) is 2.06. The molecule has 1 unspecified atom stereocenters. The van der Waals surface area contributed by atoms with Crippen molar-refractivity contribution in [2.24, 2.45) is 5.92 Å². The number of benzene rings is 1. The summed E-state index contributed by atoms with van der Waals surface area (Å²) in [5, 5.41) is 8.73. The van der Waals surface area contributed by atoms with Crippen LogP contribution in [-0.2, 0) is 6.54 Å². The molecule has 0 N–H and O–H groups in total. The van der Waals surface area contributed by atoms with Crippen molar-refractivity contribution in [3.05, 3.63) is 35.4 Å². The van der Waals surface area contributed by atoms with E-state index >= 15 is 0 Å². The Bertz CT molecular complexity index is 352. The van der Waals surface area contributed by atoms with E-state index in [-0.39, 0.29) is 5.92 Å². The molecule has 80 valence electrons. The van der Waals surface area contributed by atoms with Gasteiger partial charge in [0.15, 0.2) is 0 Å². The number of aryl methyl sites for hydroxylation is 1. The zero-order chi connectivity index (χ0) is 11.3. The number of rotatable bonds is 4. The quantitative estimate of drug-likeness (QED) is 0.750. The third kappa shape index (κ3) is 3.73. The van der Waals surface area contributed by atoms with Crippen LogP contribution in [-0.4, -0.2) is 18.5 Å². The van der Waals surface area contributed by atoms with Crippen LogP contribution < -0.4 is 0 Å². The molecule has 0 heterocycles. The lowest BCUT2D eigenvalue weighted by molar-refractivity contribution is 0.302. The molecular formula is C13H18N2. The first-order valence-corrected chi connectivity index (χ1v) is 5.26. The highest BCUT2D eigenvalue weighted by atomic mass is 15.1. The second-order valence-electron chi connectivity index (χ2n) is 4.15. The van der Waals surface area contributed by atoms with Crippen LogP contribution in [0.2, 0.25) is 0 Å². The standard InChI is InChI=1S/C13H18N2/c1-11(8-14)9-15(3)10-13-7-5-4-6-12(13)2/h4-7,11H,9-10H2,1-3H3. The van der Waals surface area contributed by atoms with Crippen molar-refractivity contribution in [1.82, 2.24) is 4.90 Å². The fourth-order valence-corrected chi connectivity index (χ4v) is 1.65. The largest absolute Gasteiger partial charge is 0.301 e. The fourth-order valence-electron chi connectivity index (χ4n) is 1.65. The molecule has 0 aliphatic carbocycles. The first-order chi connectivity index (χ1) is 7.13. The Morgan fingerprint density at radius 1 is 1.40 bits per heavy atom. The zero-order valence-electron chi connectivity index (χ0n) is 9.70. The molecule has 0 spiro atoms. The Kier molecular flexibility index (Phi) is 4.33. The van der Waals surface area contributed by atoms with E-state index in [0.717, 1.165) is 13.1 Å². The average molecular weight is 202 g/mol. The monoisotopic (exact) mass is 202 g/mol. The van der Waals surface area contributed by atoms with Gasteiger partial charge in [0, 0.05) is 13.1 Å². The predicted molar refractivity (Wildman–Crippen MR) is 62.3 cm³/mol. The highest BCUT2D eigenvalue weighted by Crippen LogP contribution is 2.10. The van der Waals surface area contributed by atoms with E-state index in [1.165, 1.54) is 11.1 Å². The first kappa shape index (κ1) is 11.7. The molecule has 1 rings (SSSR count). The molecule has 0 aromatic heterocycles. The Morgan fingerprint density at radius 3 is 2.67 bits per heavy atom. The molecule has 1 aromatic carbocycles. The van der Waals surface area contributed by atoms with Gasteiger partial charge in [-0.1, -0.05) is 24.3 Å². The Hall–Kier alpha value is -1.33. The van der Waals surface area contributed by atoms with Gasteiger partial charge in [0.1, 0.15) is 0 Å². The van der Waals surface area contributed by atoms with E-state index < -0.39 is 0 Å². The Balaban J connectivity index is 2.56. The molecular weight excluding hydrogens is 184 g/mol. The maximum Gasteiger partial charge on any atom is 0.0666 e. The molecule has 0 aliphatic rings. The van der Waals surface area contributed by atoms with Crippen LogP contribution in [0.3, 0.4) is 0 Å². The van der Waals surface area contributed by atoms with Crippen LogP contribution in [0.4, 0.5) is 0 Å². The third-order valence-electron chi connectivity index (χ3n) is 2.51. The van der Waals surface area contributed by atoms with Crippen LogP contribution >= 0.6 is 0 Å². The molecule has 0 amide bonds. The lowest BCUT2D eigenvalue weighted by Crippen LogP contribution is -2.23. The summed E-state index contributed by atoms with van der Waals surface area (Å²) in [6.07, 6.45) is 0. The van der Waals surface area contributed by atoms with Crippen LogP contribution in [0, 0.1) is 24.2 Å². The summed E-state index contributed by atoms with van der Waals surface area (Å²) < 4.78 is 0. The topological polar surface area (TPSA) is 27.0 Å². The van der Waals surface area contributed by atoms with E-state index in [1.807, 2.05) is 6.92 Å². The minimum atomic E-state index is 0.0963. The van der Waals surface area contributed by atoms with Crippen molar-refractivity contribution in [2.75, 3.05) is 13.6 Å². The summed E-state index contributed by atoms with van der Waals surface area (Å²) in [6, 6.07) is 10.6. The molecule has 0 aliphatic heterocycles. The van der Waals surface area contributed by atoms with E-state index in [1.54, 1.807) is 0 Å². The molecule has 0 saturated carbocycles. The number of nitrogens with zero attached hydrogens (tertiary/aromatic N) is 2. The molecule has 1 atom stereocenters. The molecule has 15 heavy (non-hydrogen) atoms. The zero-order valence-corrected chi connectivity index (χ0v) is 9.70. The lowest BCUT2D eigenvalue weighted by Gasteiger charge is -2.18. The lowest BCUT2D eigenvalue weighted by atomic mass is 10.1. The third-order valence-corrected chi connectivity index (χ3v) is 2.51. The molecule has 0 bridgehead atoms. The molecule has 0 radical (unpaired) electrons. The summed E-state index contributed by atoms with van der Waals surface area (Å²) in [6.45, 7) is 5.81. The van der Waals surface area contributed by atoms with Crippen molar-refractivity contribution in [1.29, 1.82) is 5.26 Å². The molecule has 2 nitrogen and oxygen atoms in total. The van der Waals surface area contributed by atoms with Gasteiger partial charge in [-0.3, -0.25) is 0 Å². The Morgan fingerprint density at radius 2 is 2.07 bits per heavy atom. The van der Waals surface area contributed by atoms with Crippen molar-refractivity contribution >= 4 is 0 Å². The highest BCUT2D eigenvalue weighted by molar-refractivity contribution is 5.25. The van der Waals surface area contributed by atoms with Crippen molar-refractivity contribution in [2.45, 2.75) is 20.4 Å². The Labute approximate surface area is 92.1 Å². The minimum absolute atomic E-state index is 0.0963. The molecule has 2 heteroatoms. The summed E-state index contributed by atoms with van der Waals surface area (Å²) in [5.41, 5.74) is 2.65. The van der Waals surface area contributed by atoms with Gasteiger partial charge >= 0.3 is 0 Å². The smallest absolute Gasteiger partial charge is 0.0666 e. The second kappa shape index (κ2) is 5.53. The van der Waals surface area contributed by atoms with E-state index in [0.29, 0.717) is 0 Å². The van der Waals surface area contributed by atoms with Crippen LogP contribution in [0.5, 0.6) is 0 Å². The SMILES string of the molecule is Cc1ccccc1CN(C)CC(C)C#N. The summed E-state index contributed by atoms with van der Waals surface area (Å²) in [4.78, 5) is 2.19. The van der Waals surface area contributed by atoms with Gasteiger partial charge in [-0.2, -0.15) is 5.26 Å². The van der Waals surface area contributed by atoms with Gasteiger partial charge in [0.2, 0.25) is 0 Å². The summed E-state index contributed by atoms with van der Waals surface area (Å²) in [5.74, 6) is 0.0963. The summed E-state index contributed by atoms with van der Waals surface area (Å²) >= 11 is 0. The van der Waals surface area contributed by atoms with Gasteiger partial charge in [0.25, 0.3) is 0 Å². The normalized spacial score (nSPS) is 12.5. The number of nitriles is 1. The van der Waals surface area contributed by atoms with Crippen LogP contribution in [0.15, 0.2) is 24.3 Å². The van der Waals surface area contributed by atoms with Crippen LogP contribution in [0.25, 0.3) is 0 Å². The van der Waals surface area contributed by atoms with E-state index in [4.69, 9.17) is 5.26 Å². The highest BCUT2D eigenvalue weighted by Gasteiger charge is 2.06. The maximum atomic E-state index is 8.73. The van der Waals surface area contributed by atoms with E-state index in [2.05, 4.69) is 49.2 Å². The van der Waals surface area contributed by atoms with Gasteiger partial charge in [-0.05, 0) is 32.0 Å². The predicted octanol–water partition coefficient (Wildman–Crippen LogP) is 2.59. The van der Waals surface area contributed by atoms with Gasteiger partial charge in [-0.25, -0.2) is 0 Å². The maximum absolute atomic E-state index is 8.73. The number of hydrogen-bond donors (Lipinski definition) is 0. The van der Waals surface area contributed by atoms with Crippen molar-refractivity contribution in [3.8, 4) is 6.07 Å². The van der Waals surface area contributed by atoms with Crippen molar-refractivity contribution in [3.63, 3.8) is 0 Å². The van der Waals surface area contributed by atoms with Gasteiger partial charge < -0.3 is 4.90 Å². The second-order valence-corrected chi connectivity index (χ2v) is 4.15. The molecule has 0 fully saturated rings. The van der Waals surface area contributed by atoms with Crippen molar-refractivity contribution < 1.29 is 0 Å². The minimum Gasteiger partial charge on any atom is -0.301 e. The van der Waals surface area contributed by atoms with Gasteiger partial charge in [-0.15, -0.1) is 0 Å². The first-order valence-electron chi connectivity index (χ1n) is 5.26. The number of hydrogen-bond acceptors (Lipinski definition) is 2. The van der Waals surface area contributed by atoms with Gasteiger partial charge in [0.05, 0.1) is 12.0 Å². The van der Waals surface area contributed by atoms with Crippen LogP contribution in [0.1, 0.15) is 18.1 Å². The average Bonchev–Trinajstić information content (AvgIpc) is 2.21. The van der Waals surface area contributed by atoms with E-state index in [9.17, 15) is 0 Å². The molecule has 1 aromatic rings.